The minimum atomic E-state index is 0.529. The van der Waals surface area contributed by atoms with Crippen molar-refractivity contribution in [1.82, 2.24) is 19.6 Å². The zero-order valence-corrected chi connectivity index (χ0v) is 13.1. The molecule has 0 aliphatic heterocycles. The second-order valence-electron chi connectivity index (χ2n) is 4.81. The maximum Gasteiger partial charge on any atom is 0.249 e. The number of nitrogens with zero attached hydrogens (tertiary/aromatic N) is 4. The maximum absolute atomic E-state index is 5.20. The average Bonchev–Trinajstić information content (AvgIpc) is 3.24. The predicted octanol–water partition coefficient (Wildman–Crippen LogP) is 3.61. The third-order valence-corrected chi connectivity index (χ3v) is 4.09. The molecule has 1 aromatic carbocycles. The summed E-state index contributed by atoms with van der Waals surface area (Å²) < 4.78 is 7.02. The second-order valence-corrected chi connectivity index (χ2v) is 5.70. The van der Waals surface area contributed by atoms with Crippen LogP contribution in [-0.2, 0) is 0 Å². The monoisotopic (exact) mass is 323 g/mol. The number of thiazole rings is 1. The number of hydrogen-bond donors (Lipinski definition) is 1. The molecule has 0 atom stereocenters. The lowest BCUT2D eigenvalue weighted by atomic mass is 10.1. The highest BCUT2D eigenvalue weighted by molar-refractivity contribution is 7.13. The molecule has 1 N–H and O–H groups in total. The van der Waals surface area contributed by atoms with Gasteiger partial charge in [0.1, 0.15) is 5.75 Å². The van der Waals surface area contributed by atoms with Crippen molar-refractivity contribution >= 4 is 28.1 Å². The van der Waals surface area contributed by atoms with Crippen molar-refractivity contribution in [1.29, 1.82) is 0 Å². The normalized spacial score (nSPS) is 10.8. The van der Waals surface area contributed by atoms with Gasteiger partial charge >= 0.3 is 0 Å². The number of aromatic nitrogens is 4. The summed E-state index contributed by atoms with van der Waals surface area (Å²) in [6, 6.07) is 13.8. The molecule has 0 fully saturated rings. The molecule has 0 radical (unpaired) electrons. The number of hydrogen-bond acceptors (Lipinski definition) is 6. The van der Waals surface area contributed by atoms with E-state index in [0.717, 1.165) is 27.8 Å². The van der Waals surface area contributed by atoms with Crippen LogP contribution in [0.2, 0.25) is 0 Å². The Morgan fingerprint density at radius 2 is 2.00 bits per heavy atom. The summed E-state index contributed by atoms with van der Waals surface area (Å²) >= 11 is 1.51. The zero-order chi connectivity index (χ0) is 15.6. The summed E-state index contributed by atoms with van der Waals surface area (Å²) in [4.78, 5) is 8.68. The fourth-order valence-corrected chi connectivity index (χ4v) is 2.84. The van der Waals surface area contributed by atoms with E-state index in [0.29, 0.717) is 5.95 Å². The summed E-state index contributed by atoms with van der Waals surface area (Å²) in [6.07, 6.45) is 1.74. The Morgan fingerprint density at radius 1 is 1.13 bits per heavy atom. The van der Waals surface area contributed by atoms with E-state index in [9.17, 15) is 0 Å². The van der Waals surface area contributed by atoms with E-state index in [2.05, 4.69) is 20.4 Å². The highest BCUT2D eigenvalue weighted by Crippen LogP contribution is 2.24. The molecule has 4 aromatic rings. The summed E-state index contributed by atoms with van der Waals surface area (Å²) in [7, 11) is 1.66. The predicted molar refractivity (Wildman–Crippen MR) is 90.4 cm³/mol. The van der Waals surface area contributed by atoms with Crippen LogP contribution in [0.5, 0.6) is 5.75 Å². The minimum absolute atomic E-state index is 0.529. The van der Waals surface area contributed by atoms with Gasteiger partial charge in [-0.2, -0.15) is 4.98 Å². The number of ether oxygens (including phenoxy) is 1. The molecule has 4 rings (SSSR count). The van der Waals surface area contributed by atoms with Crippen LogP contribution >= 0.6 is 11.3 Å². The molecule has 0 unspecified atom stereocenters. The molecular formula is C16H13N5OS. The first-order chi connectivity index (χ1) is 11.3. The van der Waals surface area contributed by atoms with Gasteiger partial charge in [0.05, 0.1) is 12.8 Å². The maximum atomic E-state index is 5.20. The van der Waals surface area contributed by atoms with Crippen LogP contribution in [0.3, 0.4) is 0 Å². The quantitative estimate of drug-likeness (QED) is 0.621. The van der Waals surface area contributed by atoms with E-state index in [1.165, 1.54) is 11.3 Å². The first kappa shape index (κ1) is 13.7. The fourth-order valence-electron chi connectivity index (χ4n) is 2.32. The smallest absolute Gasteiger partial charge is 0.249 e. The summed E-state index contributed by atoms with van der Waals surface area (Å²) in [5, 5.41) is 10.3. The van der Waals surface area contributed by atoms with Crippen molar-refractivity contribution in [2.45, 2.75) is 0 Å². The topological polar surface area (TPSA) is 64.3 Å². The van der Waals surface area contributed by atoms with Gasteiger partial charge in [-0.15, -0.1) is 16.4 Å². The van der Waals surface area contributed by atoms with Crippen LogP contribution in [0.4, 0.5) is 11.1 Å². The van der Waals surface area contributed by atoms with Crippen molar-refractivity contribution in [2.75, 3.05) is 12.4 Å². The molecule has 0 saturated heterocycles. The van der Waals surface area contributed by atoms with Crippen molar-refractivity contribution in [3.05, 3.63) is 54.0 Å². The number of fused-ring (bicyclic) bond motifs is 1. The van der Waals surface area contributed by atoms with Crippen LogP contribution in [-0.4, -0.2) is 26.7 Å². The number of pyridine rings is 1. The third-order valence-electron chi connectivity index (χ3n) is 3.40. The Balaban J connectivity index is 1.75. The number of rotatable bonds is 4. The van der Waals surface area contributed by atoms with Gasteiger partial charge in [-0.05, 0) is 36.4 Å². The second kappa shape index (κ2) is 5.69. The molecule has 0 aliphatic rings. The van der Waals surface area contributed by atoms with Crippen LogP contribution in [0.1, 0.15) is 0 Å². The number of methoxy groups -OCH3 is 1. The molecule has 3 heterocycles. The molecule has 0 aliphatic carbocycles. The third kappa shape index (κ3) is 2.62. The Kier molecular flexibility index (Phi) is 3.39. The molecule has 0 bridgehead atoms. The van der Waals surface area contributed by atoms with Crippen molar-refractivity contribution in [3.8, 4) is 17.0 Å². The zero-order valence-electron chi connectivity index (χ0n) is 12.3. The largest absolute Gasteiger partial charge is 0.497 e. The van der Waals surface area contributed by atoms with Crippen molar-refractivity contribution < 1.29 is 4.74 Å². The molecule has 114 valence electrons. The Hall–Kier alpha value is -2.93. The van der Waals surface area contributed by atoms with Gasteiger partial charge < -0.3 is 4.74 Å². The fraction of sp³-hybridized carbons (Fsp3) is 0.0625. The van der Waals surface area contributed by atoms with E-state index < -0.39 is 0 Å². The summed E-state index contributed by atoms with van der Waals surface area (Å²) in [5.41, 5.74) is 2.78. The highest BCUT2D eigenvalue weighted by Gasteiger charge is 2.09. The van der Waals surface area contributed by atoms with Gasteiger partial charge in [0.2, 0.25) is 5.95 Å². The molecule has 7 heteroatoms. The molecule has 0 amide bonds. The minimum Gasteiger partial charge on any atom is -0.497 e. The molecular weight excluding hydrogens is 310 g/mol. The van der Waals surface area contributed by atoms with Crippen molar-refractivity contribution in [2.24, 2.45) is 0 Å². The van der Waals surface area contributed by atoms with Gasteiger partial charge in [0, 0.05) is 17.1 Å². The Bertz CT molecular complexity index is 931. The van der Waals surface area contributed by atoms with E-state index in [1.807, 2.05) is 52.4 Å². The van der Waals surface area contributed by atoms with Crippen LogP contribution in [0, 0.1) is 0 Å². The first-order valence-electron chi connectivity index (χ1n) is 7.00. The summed E-state index contributed by atoms with van der Waals surface area (Å²) in [6.45, 7) is 0. The average molecular weight is 323 g/mol. The lowest BCUT2D eigenvalue weighted by Gasteiger charge is -2.05. The van der Waals surface area contributed by atoms with Gasteiger partial charge in [0.15, 0.2) is 10.8 Å². The standard InChI is InChI=1S/C16H13N5OS/c1-22-12-7-5-11(6-8-12)13-3-2-4-14-18-15(20-21(13)14)19-16-17-9-10-23-16/h2-10H,1H3,(H,17,19,20). The van der Waals surface area contributed by atoms with E-state index in [-0.39, 0.29) is 0 Å². The van der Waals surface area contributed by atoms with Crippen LogP contribution in [0.25, 0.3) is 16.9 Å². The number of nitrogens with one attached hydrogen (secondary N) is 1. The van der Waals surface area contributed by atoms with Crippen molar-refractivity contribution in [3.63, 3.8) is 0 Å². The van der Waals surface area contributed by atoms with E-state index >= 15 is 0 Å². The SMILES string of the molecule is COc1ccc(-c2cccc3nc(Nc4nccs4)nn23)cc1. The molecule has 6 nitrogen and oxygen atoms in total. The number of anilines is 2. The Labute approximate surface area is 136 Å². The molecule has 23 heavy (non-hydrogen) atoms. The van der Waals surface area contributed by atoms with Gasteiger partial charge in [-0.1, -0.05) is 6.07 Å². The summed E-state index contributed by atoms with van der Waals surface area (Å²) in [5.74, 6) is 1.35. The first-order valence-corrected chi connectivity index (χ1v) is 7.88. The lowest BCUT2D eigenvalue weighted by Crippen LogP contribution is -1.95. The molecule has 0 spiro atoms. The lowest BCUT2D eigenvalue weighted by molar-refractivity contribution is 0.415. The molecule has 0 saturated carbocycles. The molecule has 3 aromatic heterocycles. The Morgan fingerprint density at radius 3 is 2.74 bits per heavy atom. The highest BCUT2D eigenvalue weighted by atomic mass is 32.1. The van der Waals surface area contributed by atoms with Gasteiger partial charge in [0.25, 0.3) is 0 Å². The van der Waals surface area contributed by atoms with Crippen LogP contribution in [0.15, 0.2) is 54.0 Å². The van der Waals surface area contributed by atoms with Gasteiger partial charge in [-0.3, -0.25) is 5.32 Å². The number of benzene rings is 1. The van der Waals surface area contributed by atoms with Gasteiger partial charge in [-0.25, -0.2) is 9.50 Å². The van der Waals surface area contributed by atoms with Crippen LogP contribution < -0.4 is 10.1 Å². The van der Waals surface area contributed by atoms with E-state index in [4.69, 9.17) is 4.74 Å². The van der Waals surface area contributed by atoms with E-state index in [1.54, 1.807) is 13.3 Å².